The smallest absolute Gasteiger partial charge is 0.279 e. The summed E-state index contributed by atoms with van der Waals surface area (Å²) in [6.07, 6.45) is -1.12. The number of ether oxygens (including phenoxy) is 1. The average molecular weight is 430 g/mol. The highest BCUT2D eigenvalue weighted by atomic mass is 35.5. The minimum absolute atomic E-state index is 0.0162. The lowest BCUT2D eigenvalue weighted by atomic mass is 10.2. The molecule has 0 bridgehead atoms. The van der Waals surface area contributed by atoms with Crippen molar-refractivity contribution in [1.82, 2.24) is 15.6 Å². The average Bonchev–Trinajstić information content (AvgIpc) is 2.67. The topological polar surface area (TPSA) is 114 Å². The van der Waals surface area contributed by atoms with E-state index in [0.29, 0.717) is 0 Å². The van der Waals surface area contributed by atoms with Gasteiger partial charge in [-0.05, 0) is 44.3 Å². The first-order chi connectivity index (χ1) is 13.2. The van der Waals surface area contributed by atoms with E-state index in [2.05, 4.69) is 15.6 Å². The molecule has 2 aromatic carbocycles. The van der Waals surface area contributed by atoms with Crippen molar-refractivity contribution < 1.29 is 27.1 Å². The fraction of sp³-hybridized carbons (Fsp3) is 0.176. The first-order valence-corrected chi connectivity index (χ1v) is 9.76. The van der Waals surface area contributed by atoms with Gasteiger partial charge in [0.25, 0.3) is 11.8 Å². The molecule has 0 heterocycles. The number of para-hydroxylation sites is 1. The van der Waals surface area contributed by atoms with E-state index in [9.17, 15) is 22.4 Å². The van der Waals surface area contributed by atoms with Gasteiger partial charge in [0.15, 0.2) is 17.7 Å². The number of hydrogen-bond donors (Lipinski definition) is 3. The summed E-state index contributed by atoms with van der Waals surface area (Å²) in [6, 6.07) is 9.08. The van der Waals surface area contributed by atoms with E-state index in [0.717, 1.165) is 6.07 Å². The van der Waals surface area contributed by atoms with E-state index in [-0.39, 0.29) is 21.2 Å². The van der Waals surface area contributed by atoms with Gasteiger partial charge in [0.1, 0.15) is 0 Å². The molecule has 2 amide bonds. The summed E-state index contributed by atoms with van der Waals surface area (Å²) in [5, 5.41) is -0.0162. The first-order valence-electron chi connectivity index (χ1n) is 7.90. The maximum atomic E-state index is 13.6. The summed E-state index contributed by atoms with van der Waals surface area (Å²) in [5.74, 6) is -2.36. The fourth-order valence-electron chi connectivity index (χ4n) is 2.04. The maximum Gasteiger partial charge on any atom is 0.279 e. The lowest BCUT2D eigenvalue weighted by Crippen LogP contribution is -2.47. The Labute approximate surface area is 166 Å². The van der Waals surface area contributed by atoms with E-state index in [1.807, 2.05) is 0 Å². The summed E-state index contributed by atoms with van der Waals surface area (Å²) >= 11 is 5.93. The van der Waals surface area contributed by atoms with Gasteiger partial charge in [-0.2, -0.15) is 0 Å². The highest BCUT2D eigenvalue weighted by Gasteiger charge is 2.20. The van der Waals surface area contributed by atoms with Crippen molar-refractivity contribution >= 4 is 33.4 Å². The third kappa shape index (κ3) is 5.18. The molecule has 150 valence electrons. The normalized spacial score (nSPS) is 12.1. The van der Waals surface area contributed by atoms with Gasteiger partial charge < -0.3 is 4.74 Å². The van der Waals surface area contributed by atoms with Crippen LogP contribution in [0.1, 0.15) is 17.3 Å². The van der Waals surface area contributed by atoms with Crippen LogP contribution in [0.2, 0.25) is 5.02 Å². The second kappa shape index (κ2) is 9.00. The number of hydrogen-bond acceptors (Lipinski definition) is 5. The molecule has 0 aliphatic heterocycles. The highest BCUT2D eigenvalue weighted by Crippen LogP contribution is 2.20. The number of amides is 2. The molecular weight excluding hydrogens is 413 g/mol. The zero-order valence-electron chi connectivity index (χ0n) is 14.8. The predicted molar refractivity (Wildman–Crippen MR) is 99.8 cm³/mol. The van der Waals surface area contributed by atoms with Crippen LogP contribution >= 0.6 is 11.6 Å². The summed E-state index contributed by atoms with van der Waals surface area (Å²) < 4.78 is 44.6. The van der Waals surface area contributed by atoms with Gasteiger partial charge in [-0.3, -0.25) is 20.4 Å². The minimum Gasteiger partial charge on any atom is -0.478 e. The molecule has 0 spiro atoms. The zero-order valence-corrected chi connectivity index (χ0v) is 16.4. The lowest BCUT2D eigenvalue weighted by molar-refractivity contribution is -0.128. The number of carbonyl (C=O) groups excluding carboxylic acids is 2. The molecule has 0 aliphatic rings. The van der Waals surface area contributed by atoms with Gasteiger partial charge in [-0.25, -0.2) is 17.5 Å². The summed E-state index contributed by atoms with van der Waals surface area (Å²) in [6.45, 7) is 1.36. The molecule has 1 unspecified atom stereocenters. The van der Waals surface area contributed by atoms with E-state index in [4.69, 9.17) is 16.3 Å². The molecule has 2 aromatic rings. The van der Waals surface area contributed by atoms with Gasteiger partial charge >= 0.3 is 0 Å². The first kappa shape index (κ1) is 21.6. The summed E-state index contributed by atoms with van der Waals surface area (Å²) in [4.78, 5) is 24.1. The molecule has 3 N–H and O–H groups in total. The monoisotopic (exact) mass is 429 g/mol. The molecule has 28 heavy (non-hydrogen) atoms. The second-order valence-electron chi connectivity index (χ2n) is 5.48. The molecule has 1 atom stereocenters. The third-order valence-corrected chi connectivity index (χ3v) is 5.31. The quantitative estimate of drug-likeness (QED) is 0.604. The SMILES string of the molecule is CNS(=O)(=O)c1ccc(Cl)c(C(=O)NNC(=O)C(C)Oc2ccccc2F)c1. The fourth-order valence-corrected chi connectivity index (χ4v) is 2.99. The molecule has 0 saturated heterocycles. The van der Waals surface area contributed by atoms with Crippen LogP contribution < -0.4 is 20.3 Å². The van der Waals surface area contributed by atoms with Crippen LogP contribution in [0.15, 0.2) is 47.4 Å². The van der Waals surface area contributed by atoms with Gasteiger partial charge in [-0.15, -0.1) is 0 Å². The number of nitrogens with one attached hydrogen (secondary N) is 3. The Kier molecular flexibility index (Phi) is 6.95. The Morgan fingerprint density at radius 3 is 2.46 bits per heavy atom. The maximum absolute atomic E-state index is 13.6. The lowest BCUT2D eigenvalue weighted by Gasteiger charge is -2.16. The number of rotatable bonds is 6. The number of benzene rings is 2. The molecule has 0 aromatic heterocycles. The van der Waals surface area contributed by atoms with Crippen LogP contribution in [-0.4, -0.2) is 33.4 Å². The van der Waals surface area contributed by atoms with E-state index < -0.39 is 33.8 Å². The van der Waals surface area contributed by atoms with Crippen molar-refractivity contribution in [2.24, 2.45) is 0 Å². The molecule has 8 nitrogen and oxygen atoms in total. The Morgan fingerprint density at radius 2 is 1.82 bits per heavy atom. The molecule has 11 heteroatoms. The van der Waals surface area contributed by atoms with Crippen LogP contribution in [0.25, 0.3) is 0 Å². The Morgan fingerprint density at radius 1 is 1.14 bits per heavy atom. The van der Waals surface area contributed by atoms with Crippen molar-refractivity contribution in [2.45, 2.75) is 17.9 Å². The summed E-state index contributed by atoms with van der Waals surface area (Å²) in [5.41, 5.74) is 4.05. The van der Waals surface area contributed by atoms with E-state index in [1.165, 1.54) is 44.3 Å². The van der Waals surface area contributed by atoms with E-state index in [1.54, 1.807) is 6.07 Å². The van der Waals surface area contributed by atoms with Crippen LogP contribution in [-0.2, 0) is 14.8 Å². The summed E-state index contributed by atoms with van der Waals surface area (Å²) in [7, 11) is -2.56. The Balaban J connectivity index is 2.04. The number of halogens is 2. The molecular formula is C17H17ClFN3O5S. The third-order valence-electron chi connectivity index (χ3n) is 3.57. The molecule has 0 fully saturated rings. The van der Waals surface area contributed by atoms with Crippen LogP contribution in [0.5, 0.6) is 5.75 Å². The highest BCUT2D eigenvalue weighted by molar-refractivity contribution is 7.89. The number of hydrazine groups is 1. The molecule has 0 saturated carbocycles. The van der Waals surface area contributed by atoms with Gasteiger partial charge in [-0.1, -0.05) is 23.7 Å². The largest absolute Gasteiger partial charge is 0.478 e. The van der Waals surface area contributed by atoms with Crippen molar-refractivity contribution in [3.63, 3.8) is 0 Å². The molecule has 0 radical (unpaired) electrons. The molecule has 0 aliphatic carbocycles. The van der Waals surface area contributed by atoms with Crippen LogP contribution in [0, 0.1) is 5.82 Å². The second-order valence-corrected chi connectivity index (χ2v) is 7.78. The number of sulfonamides is 1. The van der Waals surface area contributed by atoms with Crippen molar-refractivity contribution in [1.29, 1.82) is 0 Å². The van der Waals surface area contributed by atoms with Crippen LogP contribution in [0.3, 0.4) is 0 Å². The Bertz CT molecular complexity index is 1000. The van der Waals surface area contributed by atoms with Crippen molar-refractivity contribution in [3.05, 3.63) is 58.9 Å². The Hall–Kier alpha value is -2.69. The minimum atomic E-state index is -3.79. The van der Waals surface area contributed by atoms with Crippen molar-refractivity contribution in [3.8, 4) is 5.75 Å². The zero-order chi connectivity index (χ0) is 20.9. The molecule has 2 rings (SSSR count). The van der Waals surface area contributed by atoms with Crippen molar-refractivity contribution in [2.75, 3.05) is 7.05 Å². The number of carbonyl (C=O) groups is 2. The van der Waals surface area contributed by atoms with Gasteiger partial charge in [0.05, 0.1) is 15.5 Å². The van der Waals surface area contributed by atoms with Gasteiger partial charge in [0.2, 0.25) is 10.0 Å². The predicted octanol–water partition coefficient (Wildman–Crippen LogP) is 1.62. The van der Waals surface area contributed by atoms with E-state index >= 15 is 0 Å². The van der Waals surface area contributed by atoms with Gasteiger partial charge in [0, 0.05) is 0 Å². The standard InChI is InChI=1S/C17H17ClFN3O5S/c1-10(27-15-6-4-3-5-14(15)19)16(23)21-22-17(24)12-9-11(7-8-13(12)18)28(25,26)20-2/h3-10,20H,1-2H3,(H,21,23)(H,22,24). The van der Waals surface area contributed by atoms with Crippen LogP contribution in [0.4, 0.5) is 4.39 Å².